The standard InChI is InChI=1S/C7H9ClN2O3/c1-13-5-4-9-10(2-3-11)7(12)6(5)8/h4,11H,2-3H2,1H3. The van der Waals surface area contributed by atoms with Gasteiger partial charge in [-0.05, 0) is 0 Å². The number of methoxy groups -OCH3 is 1. The smallest absolute Gasteiger partial charge is 0.289 e. The minimum atomic E-state index is -0.463. The molecule has 0 amide bonds. The van der Waals surface area contributed by atoms with Crippen LogP contribution in [0.1, 0.15) is 0 Å². The lowest BCUT2D eigenvalue weighted by molar-refractivity contribution is 0.265. The first-order valence-electron chi connectivity index (χ1n) is 3.61. The topological polar surface area (TPSA) is 64.3 Å². The number of hydrogen-bond donors (Lipinski definition) is 1. The van der Waals surface area contributed by atoms with Crippen molar-refractivity contribution in [1.29, 1.82) is 0 Å². The zero-order chi connectivity index (χ0) is 9.84. The molecule has 0 aliphatic heterocycles. The molecule has 1 aromatic rings. The Hall–Kier alpha value is -1.07. The zero-order valence-corrected chi connectivity index (χ0v) is 7.78. The van der Waals surface area contributed by atoms with Gasteiger partial charge in [-0.15, -0.1) is 0 Å². The van der Waals surface area contributed by atoms with Crippen LogP contribution in [-0.4, -0.2) is 28.6 Å². The van der Waals surface area contributed by atoms with Gasteiger partial charge in [-0.25, -0.2) is 4.68 Å². The molecule has 0 bridgehead atoms. The second-order valence-electron chi connectivity index (χ2n) is 2.28. The molecule has 0 saturated carbocycles. The van der Waals surface area contributed by atoms with Crippen LogP contribution in [0.2, 0.25) is 5.02 Å². The summed E-state index contributed by atoms with van der Waals surface area (Å²) in [5.74, 6) is 0.237. The summed E-state index contributed by atoms with van der Waals surface area (Å²) in [6, 6.07) is 0. The highest BCUT2D eigenvalue weighted by atomic mass is 35.5. The third-order valence-electron chi connectivity index (χ3n) is 1.48. The van der Waals surface area contributed by atoms with Gasteiger partial charge in [0.15, 0.2) is 10.8 Å². The first-order chi connectivity index (χ1) is 6.20. The fourth-order valence-corrected chi connectivity index (χ4v) is 1.07. The van der Waals surface area contributed by atoms with Crippen LogP contribution >= 0.6 is 11.6 Å². The lowest BCUT2D eigenvalue weighted by Gasteiger charge is -2.05. The van der Waals surface area contributed by atoms with E-state index in [4.69, 9.17) is 21.4 Å². The van der Waals surface area contributed by atoms with E-state index < -0.39 is 5.56 Å². The fraction of sp³-hybridized carbons (Fsp3) is 0.429. The molecule has 1 rings (SSSR count). The summed E-state index contributed by atoms with van der Waals surface area (Å²) in [5.41, 5.74) is -0.463. The highest BCUT2D eigenvalue weighted by Crippen LogP contribution is 2.16. The van der Waals surface area contributed by atoms with Crippen LogP contribution in [0.4, 0.5) is 0 Å². The summed E-state index contributed by atoms with van der Waals surface area (Å²) in [7, 11) is 1.40. The van der Waals surface area contributed by atoms with Crippen molar-refractivity contribution in [3.8, 4) is 5.75 Å². The predicted octanol–water partition coefficient (Wildman–Crippen LogP) is -0.102. The maximum Gasteiger partial charge on any atom is 0.289 e. The van der Waals surface area contributed by atoms with E-state index in [1.54, 1.807) is 0 Å². The number of aliphatic hydroxyl groups excluding tert-OH is 1. The first-order valence-corrected chi connectivity index (χ1v) is 3.99. The molecular weight excluding hydrogens is 196 g/mol. The summed E-state index contributed by atoms with van der Waals surface area (Å²) >= 11 is 5.65. The van der Waals surface area contributed by atoms with Crippen molar-refractivity contribution in [1.82, 2.24) is 9.78 Å². The molecular formula is C7H9ClN2O3. The molecule has 0 aliphatic rings. The minimum Gasteiger partial charge on any atom is -0.493 e. The van der Waals surface area contributed by atoms with Gasteiger partial charge in [-0.1, -0.05) is 11.6 Å². The number of aliphatic hydroxyl groups is 1. The maximum atomic E-state index is 11.3. The molecule has 72 valence electrons. The van der Waals surface area contributed by atoms with Gasteiger partial charge in [-0.2, -0.15) is 5.10 Å². The van der Waals surface area contributed by atoms with Gasteiger partial charge in [0.2, 0.25) is 0 Å². The van der Waals surface area contributed by atoms with E-state index in [1.807, 2.05) is 0 Å². The van der Waals surface area contributed by atoms with Crippen LogP contribution in [-0.2, 0) is 6.54 Å². The Balaban J connectivity index is 3.16. The largest absolute Gasteiger partial charge is 0.493 e. The summed E-state index contributed by atoms with van der Waals surface area (Å²) in [5, 5.41) is 12.3. The lowest BCUT2D eigenvalue weighted by Crippen LogP contribution is -2.24. The quantitative estimate of drug-likeness (QED) is 0.747. The molecule has 0 aliphatic carbocycles. The first kappa shape index (κ1) is 10.0. The molecule has 0 aromatic carbocycles. The Bertz CT molecular complexity index is 350. The Morgan fingerprint density at radius 3 is 3.00 bits per heavy atom. The van der Waals surface area contributed by atoms with Crippen molar-refractivity contribution in [2.45, 2.75) is 6.54 Å². The fourth-order valence-electron chi connectivity index (χ4n) is 0.846. The van der Waals surface area contributed by atoms with E-state index in [0.717, 1.165) is 4.68 Å². The molecule has 0 spiro atoms. The van der Waals surface area contributed by atoms with Gasteiger partial charge < -0.3 is 9.84 Å². The van der Waals surface area contributed by atoms with Crippen molar-refractivity contribution in [2.75, 3.05) is 13.7 Å². The van der Waals surface area contributed by atoms with Crippen LogP contribution in [0.25, 0.3) is 0 Å². The normalized spacial score (nSPS) is 10.1. The van der Waals surface area contributed by atoms with E-state index in [0.29, 0.717) is 0 Å². The Kier molecular flexibility index (Phi) is 3.27. The van der Waals surface area contributed by atoms with Gasteiger partial charge in [-0.3, -0.25) is 4.79 Å². The molecule has 0 fully saturated rings. The number of rotatable bonds is 3. The highest BCUT2D eigenvalue weighted by molar-refractivity contribution is 6.31. The maximum absolute atomic E-state index is 11.3. The Morgan fingerprint density at radius 1 is 1.77 bits per heavy atom. The van der Waals surface area contributed by atoms with Crippen LogP contribution < -0.4 is 10.3 Å². The number of halogens is 1. The third kappa shape index (κ3) is 1.99. The summed E-state index contributed by atoms with van der Waals surface area (Å²) < 4.78 is 5.86. The van der Waals surface area contributed by atoms with E-state index in [-0.39, 0.29) is 23.9 Å². The van der Waals surface area contributed by atoms with Crippen LogP contribution in [0.15, 0.2) is 11.0 Å². The minimum absolute atomic E-state index is 0.0223. The zero-order valence-electron chi connectivity index (χ0n) is 7.03. The number of hydrogen-bond acceptors (Lipinski definition) is 4. The number of aromatic nitrogens is 2. The number of nitrogens with zero attached hydrogens (tertiary/aromatic N) is 2. The molecule has 0 saturated heterocycles. The molecule has 0 atom stereocenters. The third-order valence-corrected chi connectivity index (χ3v) is 1.83. The lowest BCUT2D eigenvalue weighted by atomic mass is 10.5. The highest BCUT2D eigenvalue weighted by Gasteiger charge is 2.08. The average molecular weight is 205 g/mol. The molecule has 1 aromatic heterocycles. The molecule has 13 heavy (non-hydrogen) atoms. The second-order valence-corrected chi connectivity index (χ2v) is 2.66. The molecule has 6 heteroatoms. The Morgan fingerprint density at radius 2 is 2.46 bits per heavy atom. The molecule has 1 heterocycles. The summed E-state index contributed by atoms with van der Waals surface area (Å²) in [4.78, 5) is 11.3. The molecule has 1 N–H and O–H groups in total. The van der Waals surface area contributed by atoms with Crippen molar-refractivity contribution in [3.63, 3.8) is 0 Å². The molecule has 5 nitrogen and oxygen atoms in total. The summed E-state index contributed by atoms with van der Waals surface area (Å²) in [6.07, 6.45) is 1.33. The van der Waals surface area contributed by atoms with Crippen LogP contribution in [0.5, 0.6) is 5.75 Å². The summed E-state index contributed by atoms with van der Waals surface area (Å²) in [6.45, 7) is -0.0297. The Labute approximate surface area is 79.5 Å². The number of ether oxygens (including phenoxy) is 1. The van der Waals surface area contributed by atoms with Crippen molar-refractivity contribution in [3.05, 3.63) is 21.6 Å². The van der Waals surface area contributed by atoms with Gasteiger partial charge in [0.05, 0.1) is 26.5 Å². The van der Waals surface area contributed by atoms with Gasteiger partial charge in [0.25, 0.3) is 5.56 Å². The van der Waals surface area contributed by atoms with Crippen molar-refractivity contribution in [2.24, 2.45) is 0 Å². The van der Waals surface area contributed by atoms with Crippen molar-refractivity contribution >= 4 is 11.6 Å². The molecule has 0 radical (unpaired) electrons. The van der Waals surface area contributed by atoms with Crippen LogP contribution in [0, 0.1) is 0 Å². The van der Waals surface area contributed by atoms with Crippen LogP contribution in [0.3, 0.4) is 0 Å². The molecule has 0 unspecified atom stereocenters. The van der Waals surface area contributed by atoms with Crippen molar-refractivity contribution < 1.29 is 9.84 Å². The van der Waals surface area contributed by atoms with Gasteiger partial charge in [0.1, 0.15) is 0 Å². The van der Waals surface area contributed by atoms with Gasteiger partial charge in [0, 0.05) is 0 Å². The predicted molar refractivity (Wildman–Crippen MR) is 47.1 cm³/mol. The van der Waals surface area contributed by atoms with Gasteiger partial charge >= 0.3 is 0 Å². The SMILES string of the molecule is COc1cnn(CCO)c(=O)c1Cl. The van der Waals surface area contributed by atoms with E-state index in [9.17, 15) is 4.79 Å². The van der Waals surface area contributed by atoms with E-state index >= 15 is 0 Å². The second kappa shape index (κ2) is 4.25. The van der Waals surface area contributed by atoms with E-state index in [2.05, 4.69) is 5.10 Å². The monoisotopic (exact) mass is 204 g/mol. The van der Waals surface area contributed by atoms with E-state index in [1.165, 1.54) is 13.3 Å². The average Bonchev–Trinajstić information content (AvgIpc) is 2.14.